The van der Waals surface area contributed by atoms with E-state index in [0.29, 0.717) is 25.2 Å². The second-order valence-electron chi connectivity index (χ2n) is 10.7. The minimum Gasteiger partial charge on any atom is -0.508 e. The Labute approximate surface area is 237 Å². The molecule has 1 aliphatic rings. The number of para-hydroxylation sites is 1. The van der Waals surface area contributed by atoms with Crippen LogP contribution in [0.4, 0.5) is 0 Å². The van der Waals surface area contributed by atoms with E-state index in [1.165, 1.54) is 22.0 Å². The number of aromatic hydroxyl groups is 1. The summed E-state index contributed by atoms with van der Waals surface area (Å²) in [5.41, 5.74) is 15.0. The van der Waals surface area contributed by atoms with Gasteiger partial charge in [-0.2, -0.15) is 0 Å². The Balaban J connectivity index is 1.14. The SMILES string of the molecule is NCc1cccc(Cn2ccc3ccc(CNCc4[nH]c5ccccc5c4C4NC(=O)c5ccc(O)cc54)cc32)c1. The molecule has 0 saturated carbocycles. The fraction of sp³-hybridized carbons (Fsp3) is 0.147. The zero-order valence-corrected chi connectivity index (χ0v) is 22.5. The number of phenols is 1. The molecule has 41 heavy (non-hydrogen) atoms. The summed E-state index contributed by atoms with van der Waals surface area (Å²) in [6.07, 6.45) is 2.14. The first-order valence-corrected chi connectivity index (χ1v) is 13.9. The minimum absolute atomic E-state index is 0.125. The third kappa shape index (κ3) is 4.65. The van der Waals surface area contributed by atoms with Gasteiger partial charge in [-0.1, -0.05) is 54.6 Å². The van der Waals surface area contributed by atoms with Crippen molar-refractivity contribution < 1.29 is 9.90 Å². The summed E-state index contributed by atoms with van der Waals surface area (Å²) in [5.74, 6) is 0.0252. The van der Waals surface area contributed by atoms with Gasteiger partial charge in [0, 0.05) is 65.6 Å². The number of hydrogen-bond acceptors (Lipinski definition) is 4. The molecule has 0 bridgehead atoms. The normalized spacial score (nSPS) is 14.6. The highest BCUT2D eigenvalue weighted by Gasteiger charge is 2.33. The van der Waals surface area contributed by atoms with Gasteiger partial charge < -0.3 is 31.0 Å². The number of nitrogens with one attached hydrogen (secondary N) is 3. The van der Waals surface area contributed by atoms with Crippen molar-refractivity contribution in [2.24, 2.45) is 5.73 Å². The van der Waals surface area contributed by atoms with Gasteiger partial charge in [0.15, 0.2) is 0 Å². The quantitative estimate of drug-likeness (QED) is 0.176. The van der Waals surface area contributed by atoms with Crippen LogP contribution in [0.15, 0.2) is 97.2 Å². The van der Waals surface area contributed by atoms with Gasteiger partial charge in [-0.3, -0.25) is 4.79 Å². The Morgan fingerprint density at radius 3 is 2.66 bits per heavy atom. The van der Waals surface area contributed by atoms with Crippen LogP contribution in [-0.4, -0.2) is 20.6 Å². The van der Waals surface area contributed by atoms with E-state index in [2.05, 4.69) is 81.0 Å². The number of rotatable bonds is 8. The molecule has 7 rings (SSSR count). The molecule has 7 nitrogen and oxygen atoms in total. The Bertz CT molecular complexity index is 1920. The third-order valence-corrected chi connectivity index (χ3v) is 8.03. The summed E-state index contributed by atoms with van der Waals surface area (Å²) in [7, 11) is 0. The summed E-state index contributed by atoms with van der Waals surface area (Å²) in [5, 5.41) is 19.2. The van der Waals surface area contributed by atoms with Gasteiger partial charge in [0.05, 0.1) is 6.04 Å². The number of hydrogen-bond donors (Lipinski definition) is 5. The summed E-state index contributed by atoms with van der Waals surface area (Å²) in [6.45, 7) is 2.61. The van der Waals surface area contributed by atoms with Gasteiger partial charge in [0.25, 0.3) is 5.91 Å². The van der Waals surface area contributed by atoms with Gasteiger partial charge >= 0.3 is 0 Å². The van der Waals surface area contributed by atoms with Crippen LogP contribution in [0.5, 0.6) is 5.75 Å². The molecule has 3 heterocycles. The van der Waals surface area contributed by atoms with Gasteiger partial charge in [-0.25, -0.2) is 0 Å². The molecule has 1 unspecified atom stereocenters. The zero-order chi connectivity index (χ0) is 27.9. The van der Waals surface area contributed by atoms with Crippen molar-refractivity contribution in [3.05, 3.63) is 136 Å². The van der Waals surface area contributed by atoms with Crippen LogP contribution in [0.1, 0.15) is 49.9 Å². The molecule has 0 aliphatic carbocycles. The maximum atomic E-state index is 12.8. The van der Waals surface area contributed by atoms with Gasteiger partial charge in [-0.05, 0) is 64.0 Å². The molecule has 0 saturated heterocycles. The molecule has 7 heteroatoms. The molecule has 0 fully saturated rings. The van der Waals surface area contributed by atoms with E-state index >= 15 is 0 Å². The summed E-state index contributed by atoms with van der Waals surface area (Å²) < 4.78 is 2.28. The van der Waals surface area contributed by atoms with Crippen molar-refractivity contribution in [1.82, 2.24) is 20.2 Å². The Morgan fingerprint density at radius 2 is 1.76 bits per heavy atom. The van der Waals surface area contributed by atoms with E-state index in [1.807, 2.05) is 18.2 Å². The zero-order valence-electron chi connectivity index (χ0n) is 22.5. The van der Waals surface area contributed by atoms with Crippen LogP contribution in [0.2, 0.25) is 0 Å². The fourth-order valence-corrected chi connectivity index (χ4v) is 6.06. The molecular formula is C34H31N5O2. The summed E-state index contributed by atoms with van der Waals surface area (Å²) in [6, 6.07) is 29.9. The Hall–Kier alpha value is -4.85. The van der Waals surface area contributed by atoms with Crippen LogP contribution in [0.25, 0.3) is 21.8 Å². The minimum atomic E-state index is -0.338. The van der Waals surface area contributed by atoms with Crippen LogP contribution in [0, 0.1) is 0 Å². The smallest absolute Gasteiger partial charge is 0.252 e. The lowest BCUT2D eigenvalue weighted by Gasteiger charge is -2.15. The average molecular weight is 542 g/mol. The lowest BCUT2D eigenvalue weighted by Crippen LogP contribution is -2.22. The molecule has 204 valence electrons. The third-order valence-electron chi connectivity index (χ3n) is 8.03. The lowest BCUT2D eigenvalue weighted by atomic mass is 9.95. The second-order valence-corrected chi connectivity index (χ2v) is 10.7. The number of H-pyrrole nitrogens is 1. The van der Waals surface area contributed by atoms with Crippen LogP contribution in [-0.2, 0) is 26.2 Å². The Morgan fingerprint density at radius 1 is 0.878 bits per heavy atom. The first-order chi connectivity index (χ1) is 20.1. The first kappa shape index (κ1) is 25.1. The highest BCUT2D eigenvalue weighted by molar-refractivity contribution is 6.01. The van der Waals surface area contributed by atoms with Crippen molar-refractivity contribution in [1.29, 1.82) is 0 Å². The molecule has 6 N–H and O–H groups in total. The van der Waals surface area contributed by atoms with E-state index in [1.54, 1.807) is 18.2 Å². The first-order valence-electron chi connectivity index (χ1n) is 13.9. The predicted octanol–water partition coefficient (Wildman–Crippen LogP) is 5.46. The highest BCUT2D eigenvalue weighted by Crippen LogP contribution is 2.38. The van der Waals surface area contributed by atoms with E-state index in [4.69, 9.17) is 5.73 Å². The van der Waals surface area contributed by atoms with Crippen LogP contribution >= 0.6 is 0 Å². The lowest BCUT2D eigenvalue weighted by molar-refractivity contribution is 0.0960. The molecule has 4 aromatic carbocycles. The van der Waals surface area contributed by atoms with Crippen molar-refractivity contribution in [2.75, 3.05) is 0 Å². The number of amides is 1. The van der Waals surface area contributed by atoms with Crippen LogP contribution in [0.3, 0.4) is 0 Å². The second kappa shape index (κ2) is 10.3. The molecule has 0 spiro atoms. The number of nitrogens with zero attached hydrogens (tertiary/aromatic N) is 1. The molecule has 1 amide bonds. The van der Waals surface area contributed by atoms with Crippen molar-refractivity contribution in [2.45, 2.75) is 32.2 Å². The van der Waals surface area contributed by atoms with E-state index in [0.717, 1.165) is 39.8 Å². The van der Waals surface area contributed by atoms with Crippen molar-refractivity contribution >= 4 is 27.7 Å². The van der Waals surface area contributed by atoms with E-state index in [9.17, 15) is 9.90 Å². The summed E-state index contributed by atoms with van der Waals surface area (Å²) in [4.78, 5) is 16.3. The number of fused-ring (bicyclic) bond motifs is 3. The number of carbonyl (C=O) groups excluding carboxylic acids is 1. The number of aromatic nitrogens is 2. The Kier molecular flexibility index (Phi) is 6.30. The average Bonchev–Trinajstić information content (AvgIpc) is 3.66. The molecule has 6 aromatic rings. The molecule has 1 atom stereocenters. The fourth-order valence-electron chi connectivity index (χ4n) is 6.06. The predicted molar refractivity (Wildman–Crippen MR) is 162 cm³/mol. The molecule has 1 aliphatic heterocycles. The van der Waals surface area contributed by atoms with E-state index < -0.39 is 0 Å². The van der Waals surface area contributed by atoms with Crippen LogP contribution < -0.4 is 16.4 Å². The van der Waals surface area contributed by atoms with Gasteiger partial charge in [-0.15, -0.1) is 0 Å². The maximum Gasteiger partial charge on any atom is 0.252 e. The maximum absolute atomic E-state index is 12.8. The number of carbonyl (C=O) groups is 1. The molecule has 2 aromatic heterocycles. The standard InChI is InChI=1S/C34H31N5O2/c35-17-21-4-3-5-23(14-21)20-39-13-12-24-9-8-22(15-31(24)39)18-36-19-30-32(27-6-1-2-7-29(27)37-30)33-28-16-25(40)10-11-26(28)34(41)38-33/h1-16,33,36-37,40H,17-20,35H2,(H,38,41). The monoisotopic (exact) mass is 541 g/mol. The molecular weight excluding hydrogens is 510 g/mol. The van der Waals surface area contributed by atoms with E-state index in [-0.39, 0.29) is 17.7 Å². The van der Waals surface area contributed by atoms with Gasteiger partial charge in [0.1, 0.15) is 5.75 Å². The highest BCUT2D eigenvalue weighted by atomic mass is 16.3. The van der Waals surface area contributed by atoms with Gasteiger partial charge in [0.2, 0.25) is 0 Å². The number of phenolic OH excluding ortho intramolecular Hbond substituents is 1. The topological polar surface area (TPSA) is 108 Å². The number of benzene rings is 4. The number of nitrogens with two attached hydrogens (primary N) is 1. The van der Waals surface area contributed by atoms with Crippen molar-refractivity contribution in [3.63, 3.8) is 0 Å². The largest absolute Gasteiger partial charge is 0.508 e. The molecule has 0 radical (unpaired) electrons. The number of aromatic amines is 1. The summed E-state index contributed by atoms with van der Waals surface area (Å²) >= 11 is 0. The van der Waals surface area contributed by atoms with Crippen molar-refractivity contribution in [3.8, 4) is 5.75 Å².